The van der Waals surface area contributed by atoms with E-state index in [0.29, 0.717) is 16.0 Å². The predicted molar refractivity (Wildman–Crippen MR) is 92.9 cm³/mol. The third-order valence-electron chi connectivity index (χ3n) is 3.05. The minimum atomic E-state index is -4.42. The quantitative estimate of drug-likeness (QED) is 0.677. The second-order valence-corrected chi connectivity index (χ2v) is 7.69. The lowest BCUT2D eigenvalue weighted by atomic mass is 10.2. The second-order valence-electron chi connectivity index (χ2n) is 5.13. The molecule has 1 amide bonds. The molecule has 1 atom stereocenters. The van der Waals surface area contributed by atoms with E-state index in [4.69, 9.17) is 0 Å². The standard InChI is InChI=1S/C15H17F3N4OS2/c1-10(12(23)20-9-15(16,17)18)24-14-22-21-13(25-14)19-8-7-11-5-3-2-4-6-11/h2-6,10H,7-9H2,1H3,(H,19,21)(H,20,23)/t10-/m1/s1. The molecule has 10 heteroatoms. The van der Waals surface area contributed by atoms with Crippen LogP contribution in [0.3, 0.4) is 0 Å². The Labute approximate surface area is 151 Å². The van der Waals surface area contributed by atoms with Crippen molar-refractivity contribution in [2.45, 2.75) is 29.1 Å². The molecule has 0 saturated heterocycles. The molecule has 0 aliphatic carbocycles. The Kier molecular flexibility index (Phi) is 7.06. The van der Waals surface area contributed by atoms with Crippen LogP contribution in [0.15, 0.2) is 34.7 Å². The largest absolute Gasteiger partial charge is 0.405 e. The second kappa shape index (κ2) is 9.04. The molecule has 2 N–H and O–H groups in total. The number of hydrogen-bond acceptors (Lipinski definition) is 6. The number of anilines is 1. The van der Waals surface area contributed by atoms with E-state index in [1.807, 2.05) is 35.6 Å². The summed E-state index contributed by atoms with van der Waals surface area (Å²) in [5.41, 5.74) is 1.20. The van der Waals surface area contributed by atoms with E-state index in [9.17, 15) is 18.0 Å². The molecule has 5 nitrogen and oxygen atoms in total. The highest BCUT2D eigenvalue weighted by Crippen LogP contribution is 2.29. The van der Waals surface area contributed by atoms with Crippen LogP contribution in [0.25, 0.3) is 0 Å². The molecule has 0 aliphatic heterocycles. The zero-order chi connectivity index (χ0) is 18.3. The number of hydrogen-bond donors (Lipinski definition) is 2. The van der Waals surface area contributed by atoms with Gasteiger partial charge in [-0.25, -0.2) is 0 Å². The number of carbonyl (C=O) groups is 1. The Morgan fingerprint density at radius 3 is 2.68 bits per heavy atom. The van der Waals surface area contributed by atoms with Crippen LogP contribution in [0.1, 0.15) is 12.5 Å². The summed E-state index contributed by atoms with van der Waals surface area (Å²) in [6, 6.07) is 9.96. The van der Waals surface area contributed by atoms with Crippen LogP contribution >= 0.6 is 23.1 Å². The van der Waals surface area contributed by atoms with E-state index >= 15 is 0 Å². The summed E-state index contributed by atoms with van der Waals surface area (Å²) in [6.07, 6.45) is -3.59. The Hall–Kier alpha value is -1.81. The van der Waals surface area contributed by atoms with Crippen molar-refractivity contribution in [3.05, 3.63) is 35.9 Å². The van der Waals surface area contributed by atoms with Crippen molar-refractivity contribution >= 4 is 34.1 Å². The van der Waals surface area contributed by atoms with E-state index in [1.54, 1.807) is 0 Å². The van der Waals surface area contributed by atoms with Gasteiger partial charge in [0.15, 0.2) is 4.34 Å². The van der Waals surface area contributed by atoms with Crippen LogP contribution in [0, 0.1) is 0 Å². The molecule has 0 unspecified atom stereocenters. The Morgan fingerprint density at radius 2 is 2.00 bits per heavy atom. The number of amides is 1. The normalized spacial score (nSPS) is 12.6. The van der Waals surface area contributed by atoms with Crippen molar-refractivity contribution in [3.8, 4) is 0 Å². The molecule has 2 rings (SSSR count). The van der Waals surface area contributed by atoms with Gasteiger partial charge in [0.05, 0.1) is 5.25 Å². The molecule has 0 saturated carbocycles. The van der Waals surface area contributed by atoms with Crippen molar-refractivity contribution < 1.29 is 18.0 Å². The number of nitrogens with zero attached hydrogens (tertiary/aromatic N) is 2. The molecule has 0 radical (unpaired) electrons. The SMILES string of the molecule is C[C@@H](Sc1nnc(NCCc2ccccc2)s1)C(=O)NCC(F)(F)F. The molecule has 25 heavy (non-hydrogen) atoms. The summed E-state index contributed by atoms with van der Waals surface area (Å²) in [4.78, 5) is 11.6. The fourth-order valence-corrected chi connectivity index (χ4v) is 3.77. The molecule has 0 bridgehead atoms. The molecule has 0 aliphatic rings. The number of halogens is 3. The van der Waals surface area contributed by atoms with E-state index in [1.165, 1.54) is 23.8 Å². The van der Waals surface area contributed by atoms with Gasteiger partial charge in [-0.1, -0.05) is 53.4 Å². The first-order valence-corrected chi connectivity index (χ1v) is 9.15. The van der Waals surface area contributed by atoms with Crippen LogP contribution < -0.4 is 10.6 Å². The Morgan fingerprint density at radius 1 is 1.28 bits per heavy atom. The van der Waals surface area contributed by atoms with Crippen LogP contribution in [-0.2, 0) is 11.2 Å². The monoisotopic (exact) mass is 390 g/mol. The maximum atomic E-state index is 12.1. The van der Waals surface area contributed by atoms with Crippen molar-refractivity contribution in [3.63, 3.8) is 0 Å². The summed E-state index contributed by atoms with van der Waals surface area (Å²) in [5.74, 6) is -0.684. The van der Waals surface area contributed by atoms with Crippen LogP contribution in [0.2, 0.25) is 0 Å². The fourth-order valence-electron chi connectivity index (χ4n) is 1.82. The van der Waals surface area contributed by atoms with E-state index in [-0.39, 0.29) is 0 Å². The van der Waals surface area contributed by atoms with E-state index in [2.05, 4.69) is 15.5 Å². The summed E-state index contributed by atoms with van der Waals surface area (Å²) in [6.45, 7) is 0.879. The lowest BCUT2D eigenvalue weighted by molar-refractivity contribution is -0.137. The van der Waals surface area contributed by atoms with Gasteiger partial charge < -0.3 is 10.6 Å². The van der Waals surface area contributed by atoms with Gasteiger partial charge in [0.25, 0.3) is 0 Å². The predicted octanol–water partition coefficient (Wildman–Crippen LogP) is 3.35. The summed E-state index contributed by atoms with van der Waals surface area (Å²) in [5, 5.41) is 12.8. The third kappa shape index (κ3) is 7.30. The van der Waals surface area contributed by atoms with Crippen molar-refractivity contribution in [1.82, 2.24) is 15.5 Å². The average molecular weight is 390 g/mol. The van der Waals surface area contributed by atoms with Crippen molar-refractivity contribution in [1.29, 1.82) is 0 Å². The van der Waals surface area contributed by atoms with E-state index < -0.39 is 23.9 Å². The van der Waals surface area contributed by atoms with Crippen LogP contribution in [0.5, 0.6) is 0 Å². The molecule has 1 aromatic heterocycles. The highest BCUT2D eigenvalue weighted by molar-refractivity contribution is 8.02. The number of thioether (sulfide) groups is 1. The average Bonchev–Trinajstić information content (AvgIpc) is 3.00. The van der Waals surface area contributed by atoms with Gasteiger partial charge in [-0.2, -0.15) is 13.2 Å². The van der Waals surface area contributed by atoms with Gasteiger partial charge in [0.2, 0.25) is 11.0 Å². The first-order valence-electron chi connectivity index (χ1n) is 7.46. The molecule has 1 heterocycles. The number of rotatable bonds is 8. The molecule has 0 spiro atoms. The lowest BCUT2D eigenvalue weighted by Gasteiger charge is -2.11. The number of alkyl halides is 3. The number of aromatic nitrogens is 2. The molecule has 0 fully saturated rings. The number of nitrogens with one attached hydrogen (secondary N) is 2. The highest BCUT2D eigenvalue weighted by Gasteiger charge is 2.29. The smallest absolute Gasteiger partial charge is 0.360 e. The fraction of sp³-hybridized carbons (Fsp3) is 0.400. The molecule has 1 aromatic carbocycles. The first kappa shape index (κ1) is 19.5. The zero-order valence-corrected chi connectivity index (χ0v) is 15.0. The van der Waals surface area contributed by atoms with E-state index in [0.717, 1.165) is 18.2 Å². The highest BCUT2D eigenvalue weighted by atomic mass is 32.2. The minimum Gasteiger partial charge on any atom is -0.360 e. The number of benzene rings is 1. The van der Waals surface area contributed by atoms with Gasteiger partial charge in [0, 0.05) is 6.54 Å². The maximum Gasteiger partial charge on any atom is 0.405 e. The topological polar surface area (TPSA) is 66.9 Å². The maximum absolute atomic E-state index is 12.1. The number of carbonyl (C=O) groups excluding carboxylic acids is 1. The van der Waals surface area contributed by atoms with Crippen LogP contribution in [0.4, 0.5) is 18.3 Å². The summed E-state index contributed by atoms with van der Waals surface area (Å²) < 4.78 is 36.8. The van der Waals surface area contributed by atoms with Gasteiger partial charge in [-0.05, 0) is 18.9 Å². The summed E-state index contributed by atoms with van der Waals surface area (Å²) in [7, 11) is 0. The summed E-state index contributed by atoms with van der Waals surface area (Å²) >= 11 is 2.34. The molecule has 136 valence electrons. The Bertz CT molecular complexity index is 679. The van der Waals surface area contributed by atoms with Gasteiger partial charge >= 0.3 is 6.18 Å². The van der Waals surface area contributed by atoms with Gasteiger partial charge in [-0.15, -0.1) is 10.2 Å². The van der Waals surface area contributed by atoms with Crippen molar-refractivity contribution in [2.75, 3.05) is 18.4 Å². The zero-order valence-electron chi connectivity index (χ0n) is 13.3. The van der Waals surface area contributed by atoms with Crippen molar-refractivity contribution in [2.24, 2.45) is 0 Å². The first-order chi connectivity index (χ1) is 11.8. The minimum absolute atomic E-state index is 0.525. The van der Waals surface area contributed by atoms with Gasteiger partial charge in [-0.3, -0.25) is 4.79 Å². The van der Waals surface area contributed by atoms with Crippen LogP contribution in [-0.4, -0.2) is 40.6 Å². The molecular weight excluding hydrogens is 373 g/mol. The van der Waals surface area contributed by atoms with Gasteiger partial charge in [0.1, 0.15) is 6.54 Å². The molecular formula is C15H17F3N4OS2. The lowest BCUT2D eigenvalue weighted by Crippen LogP contribution is -2.37. The third-order valence-corrected chi connectivity index (χ3v) is 5.11. The Balaban J connectivity index is 1.75. The molecule has 2 aromatic rings.